The molecular weight excluding hydrogens is 668 g/mol. The van der Waals surface area contributed by atoms with E-state index in [1.54, 1.807) is 21.7 Å². The van der Waals surface area contributed by atoms with Gasteiger partial charge in [-0.1, -0.05) is 59.1 Å². The number of benzene rings is 2. The number of aliphatic hydroxyl groups is 1. The minimum Gasteiger partial charge on any atom is -0.487 e. The van der Waals surface area contributed by atoms with Crippen LogP contribution in [0.5, 0.6) is 5.75 Å². The Bertz CT molecular complexity index is 1690. The molecule has 1 N–H and O–H groups in total. The monoisotopic (exact) mass is 714 g/mol. The van der Waals surface area contributed by atoms with Crippen molar-refractivity contribution in [2.45, 2.75) is 120 Å². The summed E-state index contributed by atoms with van der Waals surface area (Å²) in [4.78, 5) is 42.2. The summed E-state index contributed by atoms with van der Waals surface area (Å²) < 4.78 is 9.38. The average molecular weight is 716 g/mol. The number of pyridine rings is 1. The Kier molecular flexibility index (Phi) is 9.93. The van der Waals surface area contributed by atoms with Gasteiger partial charge in [0.25, 0.3) is 5.56 Å². The molecule has 7 rings (SSSR count). The lowest BCUT2D eigenvalue weighted by Gasteiger charge is -2.40. The van der Waals surface area contributed by atoms with E-state index in [1.165, 1.54) is 18.4 Å². The molecule has 7 nitrogen and oxygen atoms in total. The first-order chi connectivity index (χ1) is 23.3. The number of aromatic nitrogens is 1. The molecule has 3 fully saturated rings. The van der Waals surface area contributed by atoms with Crippen molar-refractivity contribution in [3.05, 3.63) is 92.3 Å². The van der Waals surface area contributed by atoms with Crippen molar-refractivity contribution in [1.82, 2.24) is 4.57 Å². The van der Waals surface area contributed by atoms with Gasteiger partial charge in [0, 0.05) is 41.7 Å². The van der Waals surface area contributed by atoms with E-state index in [9.17, 15) is 19.5 Å². The lowest BCUT2D eigenvalue weighted by atomic mass is 9.77. The number of halogens is 1. The normalized spacial score (nSPS) is 21.8. The number of nitrogens with zero attached hydrogens (tertiary/aromatic N) is 2. The molecule has 48 heavy (non-hydrogen) atoms. The van der Waals surface area contributed by atoms with Gasteiger partial charge in [-0.05, 0) is 118 Å². The van der Waals surface area contributed by atoms with Crippen molar-refractivity contribution in [3.8, 4) is 5.75 Å². The number of carbonyl (C=O) groups is 2. The minimum atomic E-state index is -0.688. The number of fused-ring (bicyclic) bond motifs is 1. The number of ketones is 1. The van der Waals surface area contributed by atoms with Crippen LogP contribution in [0.4, 0.5) is 5.69 Å². The van der Waals surface area contributed by atoms with Gasteiger partial charge in [0.2, 0.25) is 5.91 Å². The number of carbonyl (C=O) groups excluding carboxylic acids is 2. The Morgan fingerprint density at radius 2 is 1.77 bits per heavy atom. The summed E-state index contributed by atoms with van der Waals surface area (Å²) in [5.41, 5.74) is 2.75. The Hall–Kier alpha value is -3.23. The standard InChI is InChI=1S/C40H47BrN2O5/c41-31-15-17-37-33(24-31)28(25-40(48-37)18-6-7-19-40)14-16-35(44)29(21-27-9-2-1-3-10-27)23-36(45)30-22-34(42-20-8-13-38(42)46)39(47)43(26-30)32-11-4-5-12-32/h1-3,9-10,15,17,22,24,26,28-29,32,35,44H,4-8,11-14,16,18-21,23,25H2/t28-,29+,35+/m0/s1. The van der Waals surface area contributed by atoms with E-state index in [1.807, 2.05) is 24.3 Å². The third kappa shape index (κ3) is 7.07. The molecule has 254 valence electrons. The van der Waals surface area contributed by atoms with Crippen molar-refractivity contribution in [2.24, 2.45) is 5.92 Å². The Morgan fingerprint density at radius 1 is 1.00 bits per heavy atom. The highest BCUT2D eigenvalue weighted by Gasteiger charge is 2.43. The summed E-state index contributed by atoms with van der Waals surface area (Å²) in [6.07, 6.45) is 13.6. The number of amides is 1. The molecule has 3 heterocycles. The van der Waals surface area contributed by atoms with E-state index in [0.717, 1.165) is 67.2 Å². The van der Waals surface area contributed by atoms with Crippen molar-refractivity contribution < 1.29 is 19.4 Å². The SMILES string of the molecule is O=C(C[C@@H](Cc1ccccc1)[C@H](O)CC[C@H]1CC2(CCCC2)Oc2ccc(Br)cc21)c1cc(N2CCCC2=O)c(=O)n(C2CCCC2)c1. The summed E-state index contributed by atoms with van der Waals surface area (Å²) in [5, 5.41) is 11.9. The maximum atomic E-state index is 14.2. The Morgan fingerprint density at radius 3 is 2.50 bits per heavy atom. The number of aliphatic hydroxyl groups excluding tert-OH is 1. The van der Waals surface area contributed by atoms with Crippen molar-refractivity contribution in [1.29, 1.82) is 0 Å². The van der Waals surface area contributed by atoms with Crippen LogP contribution in [0.2, 0.25) is 0 Å². The second kappa shape index (κ2) is 14.3. The third-order valence-corrected chi connectivity index (χ3v) is 11.9. The van der Waals surface area contributed by atoms with E-state index in [0.29, 0.717) is 43.5 Å². The zero-order valence-corrected chi connectivity index (χ0v) is 29.3. The average Bonchev–Trinajstić information content (AvgIpc) is 3.88. The van der Waals surface area contributed by atoms with Gasteiger partial charge in [0.15, 0.2) is 5.78 Å². The summed E-state index contributed by atoms with van der Waals surface area (Å²) in [6.45, 7) is 0.499. The maximum absolute atomic E-state index is 14.2. The first-order valence-electron chi connectivity index (χ1n) is 18.1. The highest BCUT2D eigenvalue weighted by Crippen LogP contribution is 2.50. The zero-order valence-electron chi connectivity index (χ0n) is 27.7. The molecule has 0 unspecified atom stereocenters. The van der Waals surface area contributed by atoms with Crippen LogP contribution in [-0.2, 0) is 11.2 Å². The number of Topliss-reactive ketones (excluding diaryl/α,β-unsaturated/α-hetero) is 1. The minimum absolute atomic E-state index is 0.0398. The smallest absolute Gasteiger partial charge is 0.274 e. The molecular formula is C40H47BrN2O5. The van der Waals surface area contributed by atoms with Crippen LogP contribution in [0.15, 0.2) is 70.1 Å². The van der Waals surface area contributed by atoms with E-state index in [4.69, 9.17) is 4.74 Å². The molecule has 2 saturated carbocycles. The Labute approximate surface area is 291 Å². The number of ether oxygens (including phenoxy) is 1. The molecule has 8 heteroatoms. The van der Waals surface area contributed by atoms with Gasteiger partial charge in [-0.15, -0.1) is 0 Å². The van der Waals surface area contributed by atoms with Crippen LogP contribution >= 0.6 is 15.9 Å². The van der Waals surface area contributed by atoms with Crippen LogP contribution in [-0.4, -0.2) is 39.6 Å². The number of hydrogen-bond acceptors (Lipinski definition) is 5. The topological polar surface area (TPSA) is 88.8 Å². The predicted octanol–water partition coefficient (Wildman–Crippen LogP) is 8.30. The van der Waals surface area contributed by atoms with Gasteiger partial charge in [-0.2, -0.15) is 0 Å². The van der Waals surface area contributed by atoms with E-state index >= 15 is 0 Å². The molecule has 3 aromatic rings. The molecule has 1 aromatic heterocycles. The molecule has 1 spiro atoms. The maximum Gasteiger partial charge on any atom is 0.274 e. The van der Waals surface area contributed by atoms with Crippen LogP contribution < -0.4 is 15.2 Å². The van der Waals surface area contributed by atoms with Gasteiger partial charge in [-0.25, -0.2) is 0 Å². The van der Waals surface area contributed by atoms with Gasteiger partial charge < -0.3 is 19.3 Å². The number of anilines is 1. The highest BCUT2D eigenvalue weighted by atomic mass is 79.9. The first-order valence-corrected chi connectivity index (χ1v) is 18.9. The van der Waals surface area contributed by atoms with Gasteiger partial charge in [0.1, 0.15) is 17.0 Å². The summed E-state index contributed by atoms with van der Waals surface area (Å²) in [7, 11) is 0. The van der Waals surface area contributed by atoms with E-state index < -0.39 is 6.10 Å². The summed E-state index contributed by atoms with van der Waals surface area (Å²) in [5.74, 6) is 0.771. The van der Waals surface area contributed by atoms with Gasteiger partial charge in [-0.3, -0.25) is 14.4 Å². The second-order valence-corrected chi connectivity index (χ2v) is 15.6. The molecule has 2 aliphatic carbocycles. The van der Waals surface area contributed by atoms with Crippen molar-refractivity contribution in [2.75, 3.05) is 11.4 Å². The number of hydrogen-bond donors (Lipinski definition) is 1. The van der Waals surface area contributed by atoms with Crippen molar-refractivity contribution in [3.63, 3.8) is 0 Å². The fourth-order valence-corrected chi connectivity index (χ4v) is 9.24. The molecule has 1 saturated heterocycles. The predicted molar refractivity (Wildman–Crippen MR) is 191 cm³/mol. The fraction of sp³-hybridized carbons (Fsp3) is 0.525. The lowest BCUT2D eigenvalue weighted by Crippen LogP contribution is -2.38. The molecule has 4 aliphatic rings. The summed E-state index contributed by atoms with van der Waals surface area (Å²) in [6, 6.07) is 18.0. The van der Waals surface area contributed by atoms with Crippen LogP contribution in [0.25, 0.3) is 0 Å². The molecule has 0 radical (unpaired) electrons. The van der Waals surface area contributed by atoms with E-state index in [2.05, 4.69) is 40.2 Å². The Balaban J connectivity index is 1.14. The lowest BCUT2D eigenvalue weighted by molar-refractivity contribution is -0.117. The zero-order chi connectivity index (χ0) is 33.3. The van der Waals surface area contributed by atoms with Gasteiger partial charge in [0.05, 0.1) is 6.10 Å². The van der Waals surface area contributed by atoms with Crippen LogP contribution in [0.3, 0.4) is 0 Å². The number of rotatable bonds is 11. The molecule has 1 amide bonds. The highest BCUT2D eigenvalue weighted by molar-refractivity contribution is 9.10. The molecule has 2 aromatic carbocycles. The second-order valence-electron chi connectivity index (χ2n) is 14.7. The summed E-state index contributed by atoms with van der Waals surface area (Å²) >= 11 is 3.66. The fourth-order valence-electron chi connectivity index (χ4n) is 8.86. The first kappa shape index (κ1) is 33.3. The van der Waals surface area contributed by atoms with Crippen LogP contribution in [0.1, 0.15) is 123 Å². The molecule has 0 bridgehead atoms. The van der Waals surface area contributed by atoms with Crippen molar-refractivity contribution >= 4 is 33.3 Å². The quantitative estimate of drug-likeness (QED) is 0.202. The molecule has 2 aliphatic heterocycles. The van der Waals surface area contributed by atoms with Crippen LogP contribution in [0, 0.1) is 5.92 Å². The largest absolute Gasteiger partial charge is 0.487 e. The third-order valence-electron chi connectivity index (χ3n) is 11.4. The van der Waals surface area contributed by atoms with Gasteiger partial charge >= 0.3 is 0 Å². The molecule has 3 atom stereocenters. The van der Waals surface area contributed by atoms with E-state index in [-0.39, 0.29) is 47.1 Å².